The molecule has 0 atom stereocenters. The Balaban J connectivity index is 1.65. The van der Waals surface area contributed by atoms with E-state index >= 15 is 0 Å². The zero-order chi connectivity index (χ0) is 21.5. The number of hydrogen-bond donors (Lipinski definition) is 3. The SMILES string of the molecule is Cc1cn2c(-c3ccc(O)c(F)c3)cnc2c(NCc2ccc(S(N)(=O)=O)cc2)n1. The highest BCUT2D eigenvalue weighted by Gasteiger charge is 2.13. The molecule has 0 saturated carbocycles. The van der Waals surface area contributed by atoms with Crippen molar-refractivity contribution in [3.05, 3.63) is 71.9 Å². The lowest BCUT2D eigenvalue weighted by atomic mass is 10.1. The number of nitrogens with one attached hydrogen (secondary N) is 1. The third-order valence-electron chi connectivity index (χ3n) is 4.57. The lowest BCUT2D eigenvalue weighted by molar-refractivity contribution is 0.432. The van der Waals surface area contributed by atoms with E-state index in [1.54, 1.807) is 35.0 Å². The standard InChI is InChI=1S/C20H18FN5O3S/c1-12-11-26-17(14-4-7-18(27)16(21)8-14)10-24-20(26)19(25-12)23-9-13-2-5-15(6-3-13)30(22,28)29/h2-8,10-11,27H,9H2,1H3,(H,23,25)(H2,22,28,29). The molecule has 8 nitrogen and oxygen atoms in total. The number of nitrogens with two attached hydrogens (primary N) is 1. The third kappa shape index (κ3) is 3.82. The van der Waals surface area contributed by atoms with Crippen molar-refractivity contribution < 1.29 is 17.9 Å². The summed E-state index contributed by atoms with van der Waals surface area (Å²) in [5, 5.41) is 17.7. The van der Waals surface area contributed by atoms with Crippen LogP contribution in [0.15, 0.2) is 59.8 Å². The first kappa shape index (κ1) is 19.8. The minimum atomic E-state index is -3.74. The maximum Gasteiger partial charge on any atom is 0.238 e. The molecule has 0 radical (unpaired) electrons. The van der Waals surface area contributed by atoms with E-state index in [0.29, 0.717) is 35.0 Å². The molecule has 4 N–H and O–H groups in total. The van der Waals surface area contributed by atoms with Crippen molar-refractivity contribution in [3.63, 3.8) is 0 Å². The normalized spacial score (nSPS) is 11.7. The van der Waals surface area contributed by atoms with Crippen LogP contribution in [0.2, 0.25) is 0 Å². The van der Waals surface area contributed by atoms with Gasteiger partial charge in [-0.15, -0.1) is 0 Å². The van der Waals surface area contributed by atoms with Crippen LogP contribution in [-0.2, 0) is 16.6 Å². The number of phenols is 1. The summed E-state index contributed by atoms with van der Waals surface area (Å²) in [4.78, 5) is 8.93. The van der Waals surface area contributed by atoms with Crippen molar-refractivity contribution >= 4 is 21.5 Å². The Kier molecular flexibility index (Phi) is 4.88. The van der Waals surface area contributed by atoms with Gasteiger partial charge in [-0.1, -0.05) is 12.1 Å². The molecule has 0 amide bonds. The van der Waals surface area contributed by atoms with Crippen LogP contribution in [0.4, 0.5) is 10.2 Å². The molecule has 0 aliphatic carbocycles. The van der Waals surface area contributed by atoms with Crippen molar-refractivity contribution in [2.45, 2.75) is 18.4 Å². The zero-order valence-corrected chi connectivity index (χ0v) is 16.7. The maximum atomic E-state index is 13.8. The Bertz CT molecular complexity index is 1350. The van der Waals surface area contributed by atoms with Crippen LogP contribution in [-0.4, -0.2) is 27.9 Å². The molecular weight excluding hydrogens is 409 g/mol. The van der Waals surface area contributed by atoms with Gasteiger partial charge in [0.2, 0.25) is 10.0 Å². The van der Waals surface area contributed by atoms with Gasteiger partial charge < -0.3 is 10.4 Å². The minimum absolute atomic E-state index is 0.0429. The van der Waals surface area contributed by atoms with Gasteiger partial charge in [-0.2, -0.15) is 0 Å². The van der Waals surface area contributed by atoms with Crippen LogP contribution in [0.5, 0.6) is 5.75 Å². The summed E-state index contributed by atoms with van der Waals surface area (Å²) >= 11 is 0. The summed E-state index contributed by atoms with van der Waals surface area (Å²) in [6, 6.07) is 10.4. The average Bonchev–Trinajstić information content (AvgIpc) is 3.11. The molecule has 2 aromatic heterocycles. The van der Waals surface area contributed by atoms with E-state index in [0.717, 1.165) is 5.56 Å². The first-order chi connectivity index (χ1) is 14.2. The molecule has 154 valence electrons. The van der Waals surface area contributed by atoms with Gasteiger partial charge in [0.25, 0.3) is 0 Å². The predicted molar refractivity (Wildman–Crippen MR) is 110 cm³/mol. The molecule has 0 spiro atoms. The molecule has 4 rings (SSSR count). The number of imidazole rings is 1. The third-order valence-corrected chi connectivity index (χ3v) is 5.50. The van der Waals surface area contributed by atoms with Crippen molar-refractivity contribution in [1.29, 1.82) is 0 Å². The second kappa shape index (κ2) is 7.39. The van der Waals surface area contributed by atoms with Crippen LogP contribution in [0.25, 0.3) is 16.9 Å². The second-order valence-electron chi connectivity index (χ2n) is 6.78. The lowest BCUT2D eigenvalue weighted by Gasteiger charge is -2.10. The van der Waals surface area contributed by atoms with Crippen LogP contribution >= 0.6 is 0 Å². The van der Waals surface area contributed by atoms with Crippen molar-refractivity contribution in [1.82, 2.24) is 14.4 Å². The monoisotopic (exact) mass is 427 g/mol. The average molecular weight is 427 g/mol. The molecule has 0 aliphatic rings. The van der Waals surface area contributed by atoms with Crippen molar-refractivity contribution in [2.24, 2.45) is 5.14 Å². The number of aryl methyl sites for hydroxylation is 1. The van der Waals surface area contributed by atoms with E-state index in [9.17, 15) is 17.9 Å². The van der Waals surface area contributed by atoms with Crippen LogP contribution in [0, 0.1) is 12.7 Å². The summed E-state index contributed by atoms with van der Waals surface area (Å²) in [6.07, 6.45) is 3.39. The number of benzene rings is 2. The highest BCUT2D eigenvalue weighted by Crippen LogP contribution is 2.27. The molecule has 0 saturated heterocycles. The predicted octanol–water partition coefficient (Wildman–Crippen LogP) is 2.81. The summed E-state index contributed by atoms with van der Waals surface area (Å²) in [7, 11) is -3.74. The Hall–Kier alpha value is -3.50. The van der Waals surface area contributed by atoms with E-state index in [2.05, 4.69) is 15.3 Å². The molecule has 30 heavy (non-hydrogen) atoms. The van der Waals surface area contributed by atoms with Gasteiger partial charge in [0.1, 0.15) is 0 Å². The number of aromatic nitrogens is 3. The van der Waals surface area contributed by atoms with Gasteiger partial charge in [0.05, 0.1) is 22.5 Å². The number of aromatic hydroxyl groups is 1. The number of nitrogens with zero attached hydrogens (tertiary/aromatic N) is 3. The molecular formula is C20H18FN5O3S. The molecule has 0 aliphatic heterocycles. The molecule has 0 fully saturated rings. The Morgan fingerprint density at radius 3 is 2.60 bits per heavy atom. The van der Waals surface area contributed by atoms with Crippen molar-refractivity contribution in [3.8, 4) is 17.0 Å². The lowest BCUT2D eigenvalue weighted by Crippen LogP contribution is -2.12. The first-order valence-corrected chi connectivity index (χ1v) is 10.5. The number of phenolic OH excluding ortho intramolecular Hbond substituents is 1. The number of primary sulfonamides is 1. The van der Waals surface area contributed by atoms with Gasteiger partial charge in [0, 0.05) is 18.3 Å². The number of rotatable bonds is 5. The minimum Gasteiger partial charge on any atom is -0.505 e. The van der Waals surface area contributed by atoms with E-state index in [4.69, 9.17) is 5.14 Å². The first-order valence-electron chi connectivity index (χ1n) is 8.91. The number of hydrogen-bond acceptors (Lipinski definition) is 6. The number of anilines is 1. The summed E-state index contributed by atoms with van der Waals surface area (Å²) in [6.45, 7) is 2.21. The van der Waals surface area contributed by atoms with E-state index in [1.165, 1.54) is 24.3 Å². The van der Waals surface area contributed by atoms with Crippen LogP contribution in [0.1, 0.15) is 11.3 Å². The molecule has 2 heterocycles. The number of fused-ring (bicyclic) bond motifs is 1. The second-order valence-corrected chi connectivity index (χ2v) is 8.34. The highest BCUT2D eigenvalue weighted by atomic mass is 32.2. The zero-order valence-electron chi connectivity index (χ0n) is 15.9. The molecule has 2 aromatic carbocycles. The fraction of sp³-hybridized carbons (Fsp3) is 0.100. The smallest absolute Gasteiger partial charge is 0.238 e. The van der Waals surface area contributed by atoms with E-state index in [-0.39, 0.29) is 4.90 Å². The summed E-state index contributed by atoms with van der Waals surface area (Å²) < 4.78 is 38.3. The Morgan fingerprint density at radius 2 is 1.93 bits per heavy atom. The van der Waals surface area contributed by atoms with E-state index < -0.39 is 21.6 Å². The Morgan fingerprint density at radius 1 is 1.20 bits per heavy atom. The van der Waals surface area contributed by atoms with Gasteiger partial charge in [-0.05, 0) is 42.8 Å². The van der Waals surface area contributed by atoms with Gasteiger partial charge in [-0.25, -0.2) is 27.9 Å². The fourth-order valence-electron chi connectivity index (χ4n) is 3.09. The maximum absolute atomic E-state index is 13.8. The molecule has 10 heteroatoms. The fourth-order valence-corrected chi connectivity index (χ4v) is 3.61. The summed E-state index contributed by atoms with van der Waals surface area (Å²) in [5.74, 6) is -0.605. The highest BCUT2D eigenvalue weighted by molar-refractivity contribution is 7.89. The Labute approximate surface area is 171 Å². The van der Waals surface area contributed by atoms with Gasteiger partial charge in [0.15, 0.2) is 23.0 Å². The van der Waals surface area contributed by atoms with Gasteiger partial charge in [-0.3, -0.25) is 4.40 Å². The molecule has 0 bridgehead atoms. The van der Waals surface area contributed by atoms with E-state index in [1.807, 2.05) is 6.92 Å². The number of halogens is 1. The topological polar surface area (TPSA) is 123 Å². The quantitative estimate of drug-likeness (QED) is 0.450. The van der Waals surface area contributed by atoms with Crippen LogP contribution < -0.4 is 10.5 Å². The largest absolute Gasteiger partial charge is 0.505 e. The van der Waals surface area contributed by atoms with Gasteiger partial charge >= 0.3 is 0 Å². The van der Waals surface area contributed by atoms with Crippen molar-refractivity contribution in [2.75, 3.05) is 5.32 Å². The van der Waals surface area contributed by atoms with Crippen LogP contribution in [0.3, 0.4) is 0 Å². The molecule has 0 unspecified atom stereocenters. The summed E-state index contributed by atoms with van der Waals surface area (Å²) in [5.41, 5.74) is 3.30. The number of sulfonamides is 1. The molecule has 4 aromatic rings.